The van der Waals surface area contributed by atoms with Gasteiger partial charge in [0.1, 0.15) is 18.2 Å². The Bertz CT molecular complexity index is 1450. The summed E-state index contributed by atoms with van der Waals surface area (Å²) in [5.41, 5.74) is 1.28. The second-order valence-electron chi connectivity index (χ2n) is 8.71. The van der Waals surface area contributed by atoms with Crippen molar-refractivity contribution < 1.29 is 28.2 Å². The maximum absolute atomic E-state index is 14.6. The van der Waals surface area contributed by atoms with Gasteiger partial charge in [-0.3, -0.25) is 4.57 Å². The second-order valence-corrected chi connectivity index (χ2v) is 9.52. The minimum absolute atomic E-state index is 0.189. The number of methoxy groups -OCH3 is 1. The number of carboxylic acid groups (broad SMARTS) is 1. The smallest absolute Gasteiger partial charge is 0.335 e. The maximum atomic E-state index is 14.6. The van der Waals surface area contributed by atoms with Crippen LogP contribution < -0.4 is 9.47 Å². The van der Waals surface area contributed by atoms with Crippen molar-refractivity contribution in [1.29, 1.82) is 0 Å². The Hall–Kier alpha value is -3.62. The van der Waals surface area contributed by atoms with E-state index in [1.54, 1.807) is 29.0 Å². The van der Waals surface area contributed by atoms with Gasteiger partial charge in [-0.1, -0.05) is 43.1 Å². The number of ether oxygens (including phenoxy) is 2. The Kier molecular flexibility index (Phi) is 7.43. The van der Waals surface area contributed by atoms with Crippen LogP contribution >= 0.6 is 23.2 Å². The summed E-state index contributed by atoms with van der Waals surface area (Å²) in [7, 11) is 1.53. The number of aromatic carboxylic acids is 1. The first-order valence-corrected chi connectivity index (χ1v) is 11.8. The molecule has 0 aliphatic rings. The highest BCUT2D eigenvalue weighted by Gasteiger charge is 2.30. The van der Waals surface area contributed by atoms with Gasteiger partial charge in [-0.15, -0.1) is 0 Å². The number of carboxylic acids is 1. The molecule has 0 bridgehead atoms. The molecule has 1 N–H and O–H groups in total. The van der Waals surface area contributed by atoms with Gasteiger partial charge in [-0.05, 0) is 54.1 Å². The van der Waals surface area contributed by atoms with Crippen LogP contribution in [0.15, 0.2) is 60.8 Å². The highest BCUT2D eigenvalue weighted by molar-refractivity contribution is 6.32. The van der Waals surface area contributed by atoms with E-state index >= 15 is 0 Å². The second kappa shape index (κ2) is 10.4. The number of hydrogen-bond donors (Lipinski definition) is 1. The molecule has 4 aromatic rings. The molecule has 0 fully saturated rings. The Balaban J connectivity index is 1.78. The van der Waals surface area contributed by atoms with Gasteiger partial charge in [0.2, 0.25) is 0 Å². The number of carbonyl (C=O) groups is 1. The summed E-state index contributed by atoms with van der Waals surface area (Å²) in [6, 6.07) is 13.2. The Labute approximate surface area is 222 Å². The van der Waals surface area contributed by atoms with E-state index in [1.807, 2.05) is 26.0 Å². The zero-order valence-electron chi connectivity index (χ0n) is 20.1. The fraction of sp³-hybridized carbons (Fsp3) is 0.185. The van der Waals surface area contributed by atoms with Crippen LogP contribution in [0.1, 0.15) is 41.3 Å². The first kappa shape index (κ1) is 26.4. The minimum atomic E-state index is -1.31. The summed E-state index contributed by atoms with van der Waals surface area (Å²) in [4.78, 5) is 15.7. The molecule has 1 aromatic heterocycles. The van der Waals surface area contributed by atoms with Gasteiger partial charge in [0.15, 0.2) is 17.4 Å². The van der Waals surface area contributed by atoms with Crippen molar-refractivity contribution in [2.45, 2.75) is 25.9 Å². The summed E-state index contributed by atoms with van der Waals surface area (Å²) in [5, 5.41) is 9.39. The van der Waals surface area contributed by atoms with Crippen LogP contribution in [0.25, 0.3) is 5.69 Å². The van der Waals surface area contributed by atoms with Gasteiger partial charge in [0.25, 0.3) is 0 Å². The summed E-state index contributed by atoms with van der Waals surface area (Å²) in [5.74, 6) is -2.05. The lowest BCUT2D eigenvalue weighted by Gasteiger charge is -2.28. The number of rotatable bonds is 8. The number of halogens is 4. The van der Waals surface area contributed by atoms with Crippen molar-refractivity contribution >= 4 is 29.2 Å². The lowest BCUT2D eigenvalue weighted by molar-refractivity contribution is 0.0696. The molecule has 0 saturated carbocycles. The fourth-order valence-corrected chi connectivity index (χ4v) is 4.42. The van der Waals surface area contributed by atoms with E-state index in [-0.39, 0.29) is 22.9 Å². The quantitative estimate of drug-likeness (QED) is 0.256. The van der Waals surface area contributed by atoms with Crippen molar-refractivity contribution in [2.75, 3.05) is 7.11 Å². The van der Waals surface area contributed by atoms with Gasteiger partial charge in [0.05, 0.1) is 28.4 Å². The third kappa shape index (κ3) is 5.26. The maximum Gasteiger partial charge on any atom is 0.335 e. The van der Waals surface area contributed by atoms with Gasteiger partial charge in [-0.2, -0.15) is 0 Å². The summed E-state index contributed by atoms with van der Waals surface area (Å²) < 4.78 is 41.2. The topological polar surface area (TPSA) is 73.6 Å². The van der Waals surface area contributed by atoms with Crippen molar-refractivity contribution in [3.8, 4) is 17.2 Å². The Morgan fingerprint density at radius 3 is 2.38 bits per heavy atom. The molecule has 0 radical (unpaired) electrons. The first-order valence-electron chi connectivity index (χ1n) is 11.0. The molecule has 0 spiro atoms. The number of aromatic nitrogens is 2. The molecule has 3 aromatic carbocycles. The molecule has 6 nitrogen and oxygen atoms in total. The molecule has 0 aliphatic carbocycles. The van der Waals surface area contributed by atoms with Crippen LogP contribution in [0, 0.1) is 11.6 Å². The molecular weight excluding hydrogens is 525 g/mol. The molecule has 4 rings (SSSR count). The van der Waals surface area contributed by atoms with E-state index in [1.165, 1.54) is 19.2 Å². The van der Waals surface area contributed by atoms with E-state index in [0.717, 1.165) is 23.4 Å². The number of nitrogens with zero attached hydrogens (tertiary/aromatic N) is 2. The van der Waals surface area contributed by atoms with E-state index in [9.17, 15) is 13.6 Å². The third-order valence-electron chi connectivity index (χ3n) is 6.02. The average Bonchev–Trinajstić information content (AvgIpc) is 3.28. The predicted octanol–water partition coefficient (Wildman–Crippen LogP) is 7.07. The SMILES string of the molecule is COc1cc(C(C)(C)c2cnc(COc3c(F)cc(C(=O)O)cc3Cl)n2-c2ccc(F)cc2)ccc1Cl. The molecular formula is C27H22Cl2F2N2O4. The van der Waals surface area contributed by atoms with Crippen LogP contribution in [-0.4, -0.2) is 27.7 Å². The average molecular weight is 547 g/mol. The largest absolute Gasteiger partial charge is 0.495 e. The Morgan fingerprint density at radius 1 is 1.05 bits per heavy atom. The molecule has 37 heavy (non-hydrogen) atoms. The third-order valence-corrected chi connectivity index (χ3v) is 6.62. The summed E-state index contributed by atoms with van der Waals surface area (Å²) >= 11 is 12.3. The molecule has 0 amide bonds. The molecule has 0 unspecified atom stereocenters. The zero-order valence-corrected chi connectivity index (χ0v) is 21.6. The standard InChI is InChI=1S/C27H22Cl2F2N2O4/c1-27(2,16-4-9-19(28)22(12-16)36-3)23-13-32-24(33(23)18-7-5-17(30)6-8-18)14-37-25-20(29)10-15(26(34)35)11-21(25)31/h4-13H,14H2,1-3H3,(H,34,35). The van der Waals surface area contributed by atoms with Crippen LogP contribution in [0.4, 0.5) is 8.78 Å². The lowest BCUT2D eigenvalue weighted by Crippen LogP contribution is -2.24. The number of imidazole rings is 1. The first-order chi connectivity index (χ1) is 17.5. The molecule has 1 heterocycles. The van der Waals surface area contributed by atoms with E-state index < -0.39 is 23.0 Å². The van der Waals surface area contributed by atoms with E-state index in [0.29, 0.717) is 22.3 Å². The minimum Gasteiger partial charge on any atom is -0.495 e. The zero-order chi connectivity index (χ0) is 26.9. The normalized spacial score (nSPS) is 11.4. The van der Waals surface area contributed by atoms with Crippen molar-refractivity contribution in [3.05, 3.63) is 105 Å². The summed E-state index contributed by atoms with van der Waals surface area (Å²) in [6.07, 6.45) is 1.66. The van der Waals surface area contributed by atoms with Crippen molar-refractivity contribution in [1.82, 2.24) is 9.55 Å². The summed E-state index contributed by atoms with van der Waals surface area (Å²) in [6.45, 7) is 3.76. The molecule has 192 valence electrons. The van der Waals surface area contributed by atoms with Crippen molar-refractivity contribution in [2.24, 2.45) is 0 Å². The molecule has 0 aliphatic heterocycles. The van der Waals surface area contributed by atoms with E-state index in [4.69, 9.17) is 37.8 Å². The predicted molar refractivity (Wildman–Crippen MR) is 136 cm³/mol. The van der Waals surface area contributed by atoms with Crippen LogP contribution in [-0.2, 0) is 12.0 Å². The molecule has 10 heteroatoms. The lowest BCUT2D eigenvalue weighted by atomic mass is 9.81. The fourth-order valence-electron chi connectivity index (χ4n) is 3.97. The highest BCUT2D eigenvalue weighted by Crippen LogP contribution is 2.38. The Morgan fingerprint density at radius 2 is 1.76 bits per heavy atom. The molecule has 0 atom stereocenters. The van der Waals surface area contributed by atoms with E-state index in [2.05, 4.69) is 4.98 Å². The van der Waals surface area contributed by atoms with Crippen LogP contribution in [0.2, 0.25) is 10.0 Å². The number of hydrogen-bond acceptors (Lipinski definition) is 4. The monoisotopic (exact) mass is 546 g/mol. The van der Waals surface area contributed by atoms with Crippen molar-refractivity contribution in [3.63, 3.8) is 0 Å². The van der Waals surface area contributed by atoms with Gasteiger partial charge >= 0.3 is 5.97 Å². The molecule has 0 saturated heterocycles. The van der Waals surface area contributed by atoms with Gasteiger partial charge in [0, 0.05) is 17.3 Å². The van der Waals surface area contributed by atoms with Crippen LogP contribution in [0.3, 0.4) is 0 Å². The van der Waals surface area contributed by atoms with Gasteiger partial charge < -0.3 is 14.6 Å². The van der Waals surface area contributed by atoms with Gasteiger partial charge in [-0.25, -0.2) is 18.6 Å². The highest BCUT2D eigenvalue weighted by atomic mass is 35.5. The van der Waals surface area contributed by atoms with Crippen LogP contribution in [0.5, 0.6) is 11.5 Å². The number of benzene rings is 3.